The molecule has 0 spiro atoms. The van der Waals surface area contributed by atoms with Gasteiger partial charge in [-0.1, -0.05) is 6.07 Å². The van der Waals surface area contributed by atoms with E-state index in [1.165, 1.54) is 0 Å². The zero-order valence-electron chi connectivity index (χ0n) is 10.3. The first-order valence-corrected chi connectivity index (χ1v) is 5.51. The van der Waals surface area contributed by atoms with Crippen LogP contribution in [0, 0.1) is 25.2 Å². The first-order valence-electron chi connectivity index (χ1n) is 5.51. The molecule has 0 aliphatic carbocycles. The number of rotatable bonds is 2. The molecular formula is C14H13N3O. The summed E-state index contributed by atoms with van der Waals surface area (Å²) in [6, 6.07) is 10.8. The smallest absolute Gasteiger partial charge is 0.220 e. The average Bonchev–Trinajstić information content (AvgIpc) is 2.33. The number of anilines is 1. The Bertz CT molecular complexity index is 629. The highest BCUT2D eigenvalue weighted by atomic mass is 16.5. The van der Waals surface area contributed by atoms with Crippen LogP contribution in [0.5, 0.6) is 11.6 Å². The van der Waals surface area contributed by atoms with Gasteiger partial charge >= 0.3 is 0 Å². The van der Waals surface area contributed by atoms with Crippen LogP contribution in [0.2, 0.25) is 0 Å². The fraction of sp³-hybridized carbons (Fsp3) is 0.143. The number of nitrogen functional groups attached to an aromatic ring is 1. The van der Waals surface area contributed by atoms with E-state index in [9.17, 15) is 0 Å². The molecule has 0 fully saturated rings. The molecule has 2 rings (SSSR count). The van der Waals surface area contributed by atoms with Gasteiger partial charge < -0.3 is 10.5 Å². The van der Waals surface area contributed by atoms with Crippen LogP contribution in [0.15, 0.2) is 30.3 Å². The molecule has 1 aromatic carbocycles. The topological polar surface area (TPSA) is 71.9 Å². The van der Waals surface area contributed by atoms with Gasteiger partial charge in [-0.25, -0.2) is 4.98 Å². The van der Waals surface area contributed by atoms with E-state index in [-0.39, 0.29) is 0 Å². The third-order valence-corrected chi connectivity index (χ3v) is 2.49. The van der Waals surface area contributed by atoms with E-state index >= 15 is 0 Å². The number of hydrogen-bond donors (Lipinski definition) is 1. The zero-order chi connectivity index (χ0) is 13.1. The monoisotopic (exact) mass is 239 g/mol. The van der Waals surface area contributed by atoms with Crippen molar-refractivity contribution in [3.63, 3.8) is 0 Å². The van der Waals surface area contributed by atoms with E-state index in [2.05, 4.69) is 11.1 Å². The van der Waals surface area contributed by atoms with Crippen LogP contribution in [0.3, 0.4) is 0 Å². The number of aryl methyl sites for hydroxylation is 2. The Morgan fingerprint density at radius 1 is 1.22 bits per heavy atom. The van der Waals surface area contributed by atoms with Gasteiger partial charge in [-0.05, 0) is 31.5 Å². The molecule has 0 amide bonds. The largest absolute Gasteiger partial charge is 0.439 e. The van der Waals surface area contributed by atoms with E-state index < -0.39 is 0 Å². The molecule has 2 aromatic rings. The first kappa shape index (κ1) is 11.9. The predicted octanol–water partition coefficient (Wildman–Crippen LogP) is 2.94. The molecule has 0 aliphatic heterocycles. The lowest BCUT2D eigenvalue weighted by molar-refractivity contribution is 0.458. The molecule has 0 saturated heterocycles. The number of nitriles is 1. The molecule has 0 bridgehead atoms. The molecular weight excluding hydrogens is 226 g/mol. The van der Waals surface area contributed by atoms with Crippen LogP contribution in [0.4, 0.5) is 5.69 Å². The Morgan fingerprint density at radius 2 is 2.00 bits per heavy atom. The maximum absolute atomic E-state index is 8.90. The van der Waals surface area contributed by atoms with E-state index in [0.29, 0.717) is 22.9 Å². The molecule has 90 valence electrons. The van der Waals surface area contributed by atoms with Crippen LogP contribution >= 0.6 is 0 Å². The molecule has 18 heavy (non-hydrogen) atoms. The fourth-order valence-corrected chi connectivity index (χ4v) is 1.59. The van der Waals surface area contributed by atoms with Gasteiger partial charge in [0, 0.05) is 23.5 Å². The second-order valence-corrected chi connectivity index (χ2v) is 4.07. The lowest BCUT2D eigenvalue weighted by Crippen LogP contribution is -1.94. The summed E-state index contributed by atoms with van der Waals surface area (Å²) < 4.78 is 5.67. The van der Waals surface area contributed by atoms with Gasteiger partial charge in [0.15, 0.2) is 0 Å². The number of nitrogens with zero attached hydrogens (tertiary/aromatic N) is 2. The summed E-state index contributed by atoms with van der Waals surface area (Å²) in [6.45, 7) is 3.75. The standard InChI is InChI=1S/C14H13N3O/c1-9-3-4-12(16)7-13(9)18-14-6-11(8-15)5-10(2)17-14/h3-7H,16H2,1-2H3. The van der Waals surface area contributed by atoms with Crippen LogP contribution in [0.25, 0.3) is 0 Å². The number of ether oxygens (including phenoxy) is 1. The highest BCUT2D eigenvalue weighted by molar-refractivity contribution is 5.49. The summed E-state index contributed by atoms with van der Waals surface area (Å²) >= 11 is 0. The van der Waals surface area contributed by atoms with Crippen LogP contribution in [-0.4, -0.2) is 4.98 Å². The second kappa shape index (κ2) is 4.76. The van der Waals surface area contributed by atoms with Crippen molar-refractivity contribution in [2.24, 2.45) is 0 Å². The molecule has 0 unspecified atom stereocenters. The van der Waals surface area contributed by atoms with E-state index in [1.54, 1.807) is 18.2 Å². The molecule has 2 N–H and O–H groups in total. The number of pyridine rings is 1. The Kier molecular flexibility index (Phi) is 3.16. The second-order valence-electron chi connectivity index (χ2n) is 4.07. The Balaban J connectivity index is 2.37. The highest BCUT2D eigenvalue weighted by Gasteiger charge is 2.05. The van der Waals surface area contributed by atoms with Crippen molar-refractivity contribution >= 4 is 5.69 Å². The molecule has 0 atom stereocenters. The number of hydrogen-bond acceptors (Lipinski definition) is 4. The predicted molar refractivity (Wildman–Crippen MR) is 69.4 cm³/mol. The summed E-state index contributed by atoms with van der Waals surface area (Å²) in [5.41, 5.74) is 8.57. The van der Waals surface area contributed by atoms with Crippen LogP contribution in [-0.2, 0) is 0 Å². The summed E-state index contributed by atoms with van der Waals surface area (Å²) in [7, 11) is 0. The average molecular weight is 239 g/mol. The minimum Gasteiger partial charge on any atom is -0.439 e. The maximum Gasteiger partial charge on any atom is 0.220 e. The third kappa shape index (κ3) is 2.58. The van der Waals surface area contributed by atoms with E-state index in [1.807, 2.05) is 26.0 Å². The van der Waals surface area contributed by atoms with Gasteiger partial charge in [0.05, 0.1) is 11.6 Å². The Morgan fingerprint density at radius 3 is 2.72 bits per heavy atom. The molecule has 4 nitrogen and oxygen atoms in total. The van der Waals surface area contributed by atoms with Crippen molar-refractivity contribution in [1.82, 2.24) is 4.98 Å². The Labute approximate surface area is 106 Å². The van der Waals surface area contributed by atoms with E-state index in [4.69, 9.17) is 15.7 Å². The van der Waals surface area contributed by atoms with Crippen molar-refractivity contribution in [1.29, 1.82) is 5.26 Å². The third-order valence-electron chi connectivity index (χ3n) is 2.49. The first-order chi connectivity index (χ1) is 8.58. The van der Waals surface area contributed by atoms with Crippen molar-refractivity contribution in [2.45, 2.75) is 13.8 Å². The fourth-order valence-electron chi connectivity index (χ4n) is 1.59. The van der Waals surface area contributed by atoms with E-state index in [0.717, 1.165) is 11.3 Å². The lowest BCUT2D eigenvalue weighted by Gasteiger charge is -2.09. The molecule has 0 aliphatic rings. The minimum absolute atomic E-state index is 0.403. The van der Waals surface area contributed by atoms with Crippen molar-refractivity contribution in [3.8, 4) is 17.7 Å². The van der Waals surface area contributed by atoms with Gasteiger partial charge in [-0.2, -0.15) is 5.26 Å². The van der Waals surface area contributed by atoms with Crippen LogP contribution in [0.1, 0.15) is 16.8 Å². The lowest BCUT2D eigenvalue weighted by atomic mass is 10.2. The molecule has 1 aromatic heterocycles. The maximum atomic E-state index is 8.90. The SMILES string of the molecule is Cc1cc(C#N)cc(Oc2cc(N)ccc2C)n1. The zero-order valence-corrected chi connectivity index (χ0v) is 10.3. The molecule has 0 radical (unpaired) electrons. The van der Waals surface area contributed by atoms with Crippen molar-refractivity contribution in [2.75, 3.05) is 5.73 Å². The van der Waals surface area contributed by atoms with Gasteiger partial charge in [0.2, 0.25) is 5.88 Å². The molecule has 4 heteroatoms. The van der Waals surface area contributed by atoms with Gasteiger partial charge in [0.25, 0.3) is 0 Å². The van der Waals surface area contributed by atoms with Gasteiger partial charge in [-0.15, -0.1) is 0 Å². The number of benzene rings is 1. The molecule has 1 heterocycles. The highest BCUT2D eigenvalue weighted by Crippen LogP contribution is 2.26. The summed E-state index contributed by atoms with van der Waals surface area (Å²) in [5, 5.41) is 8.90. The Hall–Kier alpha value is -2.54. The van der Waals surface area contributed by atoms with Crippen LogP contribution < -0.4 is 10.5 Å². The summed E-state index contributed by atoms with van der Waals surface area (Å²) in [5.74, 6) is 1.05. The van der Waals surface area contributed by atoms with Crippen molar-refractivity contribution < 1.29 is 4.74 Å². The van der Waals surface area contributed by atoms with Gasteiger partial charge in [0.1, 0.15) is 5.75 Å². The number of nitrogens with two attached hydrogens (primary N) is 1. The summed E-state index contributed by atoms with van der Waals surface area (Å²) in [4.78, 5) is 4.23. The number of aromatic nitrogens is 1. The quantitative estimate of drug-likeness (QED) is 0.818. The summed E-state index contributed by atoms with van der Waals surface area (Å²) in [6.07, 6.45) is 0. The van der Waals surface area contributed by atoms with Crippen molar-refractivity contribution in [3.05, 3.63) is 47.2 Å². The van der Waals surface area contributed by atoms with Gasteiger partial charge in [-0.3, -0.25) is 0 Å². The molecule has 0 saturated carbocycles. The normalized spacial score (nSPS) is 9.83. The minimum atomic E-state index is 0.403.